The average Bonchev–Trinajstić information content (AvgIpc) is 2.65. The highest BCUT2D eigenvalue weighted by molar-refractivity contribution is 7.77. The second-order valence-electron chi connectivity index (χ2n) is 5.43. The lowest BCUT2D eigenvalue weighted by Gasteiger charge is -2.11. The highest BCUT2D eigenvalue weighted by Gasteiger charge is 2.14. The van der Waals surface area contributed by atoms with Crippen molar-refractivity contribution in [2.75, 3.05) is 7.11 Å². The maximum Gasteiger partial charge on any atom is 0.232 e. The number of rotatable bonds is 5. The molecule has 2 aromatic carbocycles. The summed E-state index contributed by atoms with van der Waals surface area (Å²) >= 11 is -2.09. The molecule has 1 atom stereocenters. The summed E-state index contributed by atoms with van der Waals surface area (Å²) in [6, 6.07) is 12.0. The number of nitrogens with zero attached hydrogens (tertiary/aromatic N) is 2. The molecule has 0 amide bonds. The number of benzene rings is 2. The Bertz CT molecular complexity index is 1030. The second-order valence-corrected chi connectivity index (χ2v) is 6.22. The van der Waals surface area contributed by atoms with Gasteiger partial charge in [0.2, 0.25) is 11.3 Å². The zero-order valence-electron chi connectivity index (χ0n) is 13.7. The van der Waals surface area contributed by atoms with E-state index in [1.165, 1.54) is 25.4 Å². The molecule has 1 aromatic heterocycles. The summed E-state index contributed by atoms with van der Waals surface area (Å²) in [4.78, 5) is 4.21. The van der Waals surface area contributed by atoms with E-state index in [9.17, 15) is 13.9 Å². The van der Waals surface area contributed by atoms with E-state index in [0.717, 1.165) is 5.56 Å². The summed E-state index contributed by atoms with van der Waals surface area (Å²) in [6.07, 6.45) is 1.44. The zero-order valence-corrected chi connectivity index (χ0v) is 14.5. The van der Waals surface area contributed by atoms with Crippen molar-refractivity contribution in [1.82, 2.24) is 9.71 Å². The summed E-state index contributed by atoms with van der Waals surface area (Å²) in [6.45, 7) is 0.220. The van der Waals surface area contributed by atoms with Gasteiger partial charge in [0.15, 0.2) is 11.6 Å². The molecule has 0 aliphatic carbocycles. The van der Waals surface area contributed by atoms with Gasteiger partial charge in [-0.05, 0) is 17.2 Å². The first kappa shape index (κ1) is 17.9. The van der Waals surface area contributed by atoms with Crippen LogP contribution in [0.2, 0.25) is 0 Å². The lowest BCUT2D eigenvalue weighted by molar-refractivity contribution is 0.387. The summed E-state index contributed by atoms with van der Waals surface area (Å²) in [5.74, 6) is -0.455. The van der Waals surface area contributed by atoms with Crippen molar-refractivity contribution in [2.24, 2.45) is 0 Å². The van der Waals surface area contributed by atoms with Crippen LogP contribution in [0, 0.1) is 17.1 Å². The third-order valence-corrected chi connectivity index (χ3v) is 4.30. The number of methoxy groups -OCH3 is 1. The molecule has 0 aliphatic heterocycles. The molecule has 132 valence electrons. The van der Waals surface area contributed by atoms with E-state index in [4.69, 9.17) is 9.29 Å². The maximum absolute atomic E-state index is 14.2. The molecule has 0 bridgehead atoms. The zero-order chi connectivity index (χ0) is 18.7. The minimum Gasteiger partial charge on any atom is -0.494 e. The number of fused-ring (bicyclic) bond motifs is 1. The molecule has 0 saturated carbocycles. The highest BCUT2D eigenvalue weighted by atomic mass is 32.2. The van der Waals surface area contributed by atoms with E-state index in [0.29, 0.717) is 27.6 Å². The van der Waals surface area contributed by atoms with Crippen LogP contribution in [0.4, 0.5) is 4.39 Å². The number of ether oxygens (including phenoxy) is 1. The molecular weight excluding hydrogens is 357 g/mol. The standard InChI is InChI=1S/C18H14FN3O3S/c1-25-17-7-16-14(6-15(17)19)18(13(8-20)10-21-16)12-4-2-11(3-5-12)9-22-26(23)24/h2-7,10,22H,9H2,1H3,(H,23,24). The van der Waals surface area contributed by atoms with Crippen LogP contribution in [0.15, 0.2) is 42.6 Å². The van der Waals surface area contributed by atoms with Crippen LogP contribution in [0.3, 0.4) is 0 Å². The van der Waals surface area contributed by atoms with Crippen molar-refractivity contribution in [2.45, 2.75) is 6.54 Å². The Morgan fingerprint density at radius 1 is 1.35 bits per heavy atom. The molecule has 6 nitrogen and oxygen atoms in total. The van der Waals surface area contributed by atoms with Crippen molar-refractivity contribution in [3.05, 3.63) is 59.5 Å². The number of halogens is 1. The number of nitrogens with one attached hydrogen (secondary N) is 1. The van der Waals surface area contributed by atoms with E-state index in [2.05, 4.69) is 15.8 Å². The molecule has 3 rings (SSSR count). The van der Waals surface area contributed by atoms with Crippen LogP contribution >= 0.6 is 0 Å². The van der Waals surface area contributed by atoms with Crippen molar-refractivity contribution in [1.29, 1.82) is 5.26 Å². The highest BCUT2D eigenvalue weighted by Crippen LogP contribution is 2.34. The van der Waals surface area contributed by atoms with Gasteiger partial charge in [0.25, 0.3) is 0 Å². The van der Waals surface area contributed by atoms with Gasteiger partial charge >= 0.3 is 0 Å². The van der Waals surface area contributed by atoms with E-state index >= 15 is 0 Å². The molecule has 2 N–H and O–H groups in total. The molecule has 0 aliphatic rings. The molecule has 26 heavy (non-hydrogen) atoms. The Labute approximate surface area is 151 Å². The van der Waals surface area contributed by atoms with Crippen LogP contribution in [-0.2, 0) is 17.8 Å². The van der Waals surface area contributed by atoms with Crippen LogP contribution in [0.25, 0.3) is 22.0 Å². The minimum absolute atomic E-state index is 0.0825. The van der Waals surface area contributed by atoms with Crippen molar-refractivity contribution in [3.63, 3.8) is 0 Å². The second kappa shape index (κ2) is 7.58. The van der Waals surface area contributed by atoms with Gasteiger partial charge in [-0.2, -0.15) is 5.26 Å². The molecule has 3 aromatic rings. The number of hydrogen-bond acceptors (Lipinski definition) is 4. The molecule has 1 heterocycles. The first-order valence-corrected chi connectivity index (χ1v) is 8.64. The molecular formula is C18H14FN3O3S. The lowest BCUT2D eigenvalue weighted by Crippen LogP contribution is -2.15. The smallest absolute Gasteiger partial charge is 0.232 e. The number of nitriles is 1. The molecule has 0 radical (unpaired) electrons. The quantitative estimate of drug-likeness (QED) is 0.672. The molecule has 0 saturated heterocycles. The van der Waals surface area contributed by atoms with E-state index in [-0.39, 0.29) is 12.3 Å². The Kier molecular flexibility index (Phi) is 5.23. The number of aromatic nitrogens is 1. The van der Waals surface area contributed by atoms with Gasteiger partial charge in [-0.3, -0.25) is 9.54 Å². The molecule has 0 fully saturated rings. The molecule has 8 heteroatoms. The number of pyridine rings is 1. The van der Waals surface area contributed by atoms with Crippen molar-refractivity contribution in [3.8, 4) is 22.9 Å². The molecule has 0 spiro atoms. The van der Waals surface area contributed by atoms with Gasteiger partial charge in [0.1, 0.15) is 6.07 Å². The summed E-state index contributed by atoms with van der Waals surface area (Å²) < 4.78 is 41.0. The summed E-state index contributed by atoms with van der Waals surface area (Å²) in [7, 11) is 1.38. The topological polar surface area (TPSA) is 95.2 Å². The van der Waals surface area contributed by atoms with Crippen LogP contribution < -0.4 is 9.46 Å². The summed E-state index contributed by atoms with van der Waals surface area (Å²) in [5.41, 5.74) is 2.92. The van der Waals surface area contributed by atoms with Crippen molar-refractivity contribution < 1.29 is 17.9 Å². The number of hydrogen-bond donors (Lipinski definition) is 2. The predicted octanol–water partition coefficient (Wildman–Crippen LogP) is 3.15. The van der Waals surface area contributed by atoms with Crippen LogP contribution in [0.1, 0.15) is 11.1 Å². The Balaban J connectivity index is 2.12. The fraction of sp³-hybridized carbons (Fsp3) is 0.111. The first-order chi connectivity index (χ1) is 12.5. The lowest BCUT2D eigenvalue weighted by atomic mass is 9.96. The molecule has 1 unspecified atom stereocenters. The third kappa shape index (κ3) is 3.55. The van der Waals surface area contributed by atoms with E-state index in [1.54, 1.807) is 24.3 Å². The Morgan fingerprint density at radius 3 is 2.69 bits per heavy atom. The Morgan fingerprint density at radius 2 is 2.08 bits per heavy atom. The maximum atomic E-state index is 14.2. The van der Waals surface area contributed by atoms with Gasteiger partial charge in [0, 0.05) is 29.8 Å². The van der Waals surface area contributed by atoms with Crippen molar-refractivity contribution >= 4 is 22.2 Å². The van der Waals surface area contributed by atoms with Gasteiger partial charge in [-0.25, -0.2) is 13.3 Å². The van der Waals surface area contributed by atoms with Gasteiger partial charge in [-0.1, -0.05) is 24.3 Å². The van der Waals surface area contributed by atoms with Crippen LogP contribution in [-0.4, -0.2) is 20.9 Å². The van der Waals surface area contributed by atoms with Crippen LogP contribution in [0.5, 0.6) is 5.75 Å². The normalized spacial score (nSPS) is 11.9. The van der Waals surface area contributed by atoms with E-state index < -0.39 is 17.1 Å². The monoisotopic (exact) mass is 371 g/mol. The van der Waals surface area contributed by atoms with E-state index in [1.807, 2.05) is 0 Å². The van der Waals surface area contributed by atoms with Gasteiger partial charge < -0.3 is 4.74 Å². The Hall–Kier alpha value is -2.86. The summed E-state index contributed by atoms with van der Waals surface area (Å²) in [5, 5.41) is 9.93. The fourth-order valence-electron chi connectivity index (χ4n) is 2.68. The van der Waals surface area contributed by atoms with Gasteiger partial charge in [0.05, 0.1) is 18.2 Å². The first-order valence-electron chi connectivity index (χ1n) is 7.53. The predicted molar refractivity (Wildman–Crippen MR) is 96.0 cm³/mol. The largest absolute Gasteiger partial charge is 0.494 e. The fourth-order valence-corrected chi connectivity index (χ4v) is 2.97. The third-order valence-electron chi connectivity index (χ3n) is 3.90. The minimum atomic E-state index is -2.09. The average molecular weight is 371 g/mol. The van der Waals surface area contributed by atoms with Gasteiger partial charge in [-0.15, -0.1) is 0 Å². The SMILES string of the molecule is COc1cc2ncc(C#N)c(-c3ccc(CNS(=O)O)cc3)c2cc1F.